The summed E-state index contributed by atoms with van der Waals surface area (Å²) in [7, 11) is -4.13. The first-order chi connectivity index (χ1) is 17.0. The summed E-state index contributed by atoms with van der Waals surface area (Å²) in [4.78, 5) is 17.2. The molecule has 0 atom stereocenters. The second-order valence-corrected chi connectivity index (χ2v) is 12.3. The van der Waals surface area contributed by atoms with Gasteiger partial charge in [-0.3, -0.25) is 9.78 Å². The Bertz CT molecular complexity index is 1200. The number of aryl methyl sites for hydroxylation is 1. The van der Waals surface area contributed by atoms with E-state index < -0.39 is 51.1 Å². The van der Waals surface area contributed by atoms with Crippen LogP contribution in [0.5, 0.6) is 0 Å². The molecule has 0 radical (unpaired) electrons. The molecule has 0 aliphatic carbocycles. The predicted octanol–water partition coefficient (Wildman–Crippen LogP) is 5.12. The maximum absolute atomic E-state index is 13.7. The zero-order valence-electron chi connectivity index (χ0n) is 20.7. The van der Waals surface area contributed by atoms with Crippen molar-refractivity contribution in [3.8, 4) is 11.3 Å². The average molecular weight is 549 g/mol. The molecule has 37 heavy (non-hydrogen) atoms. The van der Waals surface area contributed by atoms with Gasteiger partial charge in [-0.05, 0) is 76.9 Å². The molecular formula is C25H29F5N2O4S. The van der Waals surface area contributed by atoms with Crippen LogP contribution in [0.25, 0.3) is 11.3 Å². The minimum Gasteiger partial charge on any atom is -0.459 e. The molecule has 3 rings (SSSR count). The van der Waals surface area contributed by atoms with Crippen LogP contribution in [0.2, 0.25) is 0 Å². The number of ether oxygens (including phenoxy) is 1. The zero-order valence-corrected chi connectivity index (χ0v) is 21.5. The Morgan fingerprint density at radius 1 is 1.00 bits per heavy atom. The number of carbonyl (C=O) groups is 1. The first-order valence-electron chi connectivity index (χ1n) is 11.7. The molecule has 1 aromatic heterocycles. The number of halogens is 5. The molecule has 204 valence electrons. The summed E-state index contributed by atoms with van der Waals surface area (Å²) in [6, 6.07) is 8.56. The van der Waals surface area contributed by atoms with E-state index >= 15 is 0 Å². The summed E-state index contributed by atoms with van der Waals surface area (Å²) in [6.07, 6.45) is -6.19. The molecule has 1 aliphatic rings. The van der Waals surface area contributed by atoms with Crippen LogP contribution in [0.1, 0.15) is 45.6 Å². The summed E-state index contributed by atoms with van der Waals surface area (Å²) >= 11 is 0. The number of nitrogens with one attached hydrogen (secondary N) is 1. The van der Waals surface area contributed by atoms with E-state index in [-0.39, 0.29) is 23.3 Å². The quantitative estimate of drug-likeness (QED) is 0.382. The summed E-state index contributed by atoms with van der Waals surface area (Å²) < 4.78 is 94.5. The highest BCUT2D eigenvalue weighted by atomic mass is 32.2. The van der Waals surface area contributed by atoms with Gasteiger partial charge in [-0.25, -0.2) is 8.42 Å². The molecule has 1 N–H and O–H groups in total. The van der Waals surface area contributed by atoms with Gasteiger partial charge in [0.15, 0.2) is 14.6 Å². The van der Waals surface area contributed by atoms with Crippen LogP contribution in [-0.4, -0.2) is 54.9 Å². The number of alkyl halides is 5. The first-order valence-corrected chi connectivity index (χ1v) is 13.2. The number of benzene rings is 1. The maximum atomic E-state index is 13.7. The van der Waals surface area contributed by atoms with E-state index in [0.717, 1.165) is 0 Å². The SMILES string of the molecule is CC(C)(C)OC(=O)C1(S(=O)(=O)c2ccc(-c3ccc(CCC(F)(F)C(F)(F)F)cn3)cc2)CCNCC1. The summed E-state index contributed by atoms with van der Waals surface area (Å²) in [5.74, 6) is -5.59. The molecule has 2 heterocycles. The van der Waals surface area contributed by atoms with Gasteiger partial charge in [-0.15, -0.1) is 0 Å². The van der Waals surface area contributed by atoms with Crippen molar-refractivity contribution in [2.45, 2.75) is 73.8 Å². The molecule has 0 amide bonds. The van der Waals surface area contributed by atoms with Gasteiger partial charge in [-0.2, -0.15) is 22.0 Å². The lowest BCUT2D eigenvalue weighted by Gasteiger charge is -2.36. The van der Waals surface area contributed by atoms with Gasteiger partial charge < -0.3 is 10.1 Å². The highest BCUT2D eigenvalue weighted by Crippen LogP contribution is 2.39. The number of aromatic nitrogens is 1. The standard InChI is InChI=1S/C25H29F5N2O4S/c1-22(2,3)36-21(33)23(12-14-31-15-13-23)37(34,35)19-7-5-18(6-8-19)20-9-4-17(16-32-20)10-11-24(26,27)25(28,29)30/h4-9,16,31H,10-15H2,1-3H3. The monoisotopic (exact) mass is 548 g/mol. The Balaban J connectivity index is 1.81. The van der Waals surface area contributed by atoms with Crippen LogP contribution >= 0.6 is 0 Å². The normalized spacial score (nSPS) is 16.9. The third-order valence-corrected chi connectivity index (χ3v) is 8.62. The fourth-order valence-corrected chi connectivity index (χ4v) is 5.95. The van der Waals surface area contributed by atoms with Crippen LogP contribution in [-0.2, 0) is 25.8 Å². The molecule has 1 aromatic carbocycles. The number of rotatable bonds is 7. The predicted molar refractivity (Wildman–Crippen MR) is 127 cm³/mol. The van der Waals surface area contributed by atoms with Gasteiger partial charge in [0.25, 0.3) is 0 Å². The van der Waals surface area contributed by atoms with Gasteiger partial charge >= 0.3 is 18.1 Å². The second-order valence-electron chi connectivity index (χ2n) is 10.0. The minimum atomic E-state index is -5.61. The Morgan fingerprint density at radius 2 is 1.59 bits per heavy atom. The highest BCUT2D eigenvalue weighted by molar-refractivity contribution is 7.93. The topological polar surface area (TPSA) is 85.4 Å². The molecule has 6 nitrogen and oxygen atoms in total. The fraction of sp³-hybridized carbons (Fsp3) is 0.520. The van der Waals surface area contributed by atoms with Gasteiger partial charge in [0.05, 0.1) is 10.6 Å². The van der Waals surface area contributed by atoms with Gasteiger partial charge in [-0.1, -0.05) is 18.2 Å². The molecule has 12 heteroatoms. The van der Waals surface area contributed by atoms with Crippen LogP contribution in [0.15, 0.2) is 47.5 Å². The van der Waals surface area contributed by atoms with Crippen molar-refractivity contribution in [2.24, 2.45) is 0 Å². The molecule has 1 aliphatic heterocycles. The first kappa shape index (κ1) is 29.0. The maximum Gasteiger partial charge on any atom is 0.453 e. The minimum absolute atomic E-state index is 0.0579. The Morgan fingerprint density at radius 3 is 2.08 bits per heavy atom. The fourth-order valence-electron chi connectivity index (χ4n) is 4.00. The number of hydrogen-bond donors (Lipinski definition) is 1. The van der Waals surface area contributed by atoms with Crippen molar-refractivity contribution < 1.29 is 39.9 Å². The molecule has 1 saturated heterocycles. The van der Waals surface area contributed by atoms with Gasteiger partial charge in [0.1, 0.15) is 5.60 Å². The average Bonchev–Trinajstić information content (AvgIpc) is 2.82. The van der Waals surface area contributed by atoms with Crippen molar-refractivity contribution in [1.29, 1.82) is 0 Å². The van der Waals surface area contributed by atoms with E-state index in [1.54, 1.807) is 20.8 Å². The third kappa shape index (κ3) is 6.28. The van der Waals surface area contributed by atoms with E-state index in [0.29, 0.717) is 24.3 Å². The number of carbonyl (C=O) groups excluding carboxylic acids is 1. The largest absolute Gasteiger partial charge is 0.459 e. The van der Waals surface area contributed by atoms with E-state index in [1.807, 2.05) is 0 Å². The van der Waals surface area contributed by atoms with E-state index in [9.17, 15) is 35.2 Å². The van der Waals surface area contributed by atoms with Gasteiger partial charge in [0, 0.05) is 18.2 Å². The van der Waals surface area contributed by atoms with Crippen LogP contribution < -0.4 is 5.32 Å². The smallest absolute Gasteiger partial charge is 0.453 e. The summed E-state index contributed by atoms with van der Waals surface area (Å²) in [5.41, 5.74) is 0.216. The Labute approximate surface area is 212 Å². The summed E-state index contributed by atoms with van der Waals surface area (Å²) in [6.45, 7) is 5.67. The second kappa shape index (κ2) is 10.3. The highest BCUT2D eigenvalue weighted by Gasteiger charge is 2.56. The van der Waals surface area contributed by atoms with Crippen molar-refractivity contribution in [3.63, 3.8) is 0 Å². The van der Waals surface area contributed by atoms with Crippen LogP contribution in [0, 0.1) is 0 Å². The number of sulfone groups is 1. The van der Waals surface area contributed by atoms with Gasteiger partial charge in [0.2, 0.25) is 0 Å². The van der Waals surface area contributed by atoms with Crippen molar-refractivity contribution in [3.05, 3.63) is 48.2 Å². The Kier molecular flexibility index (Phi) is 8.05. The number of piperidine rings is 1. The van der Waals surface area contributed by atoms with Crippen molar-refractivity contribution in [1.82, 2.24) is 10.3 Å². The molecule has 2 aromatic rings. The summed E-state index contributed by atoms with van der Waals surface area (Å²) in [5, 5.41) is 3.06. The number of pyridine rings is 1. The lowest BCUT2D eigenvalue weighted by atomic mass is 9.96. The lowest BCUT2D eigenvalue weighted by molar-refractivity contribution is -0.284. The molecule has 0 bridgehead atoms. The van der Waals surface area contributed by atoms with E-state index in [2.05, 4.69) is 10.3 Å². The number of nitrogens with zero attached hydrogens (tertiary/aromatic N) is 1. The molecular weight excluding hydrogens is 519 g/mol. The van der Waals surface area contributed by atoms with Crippen LogP contribution in [0.3, 0.4) is 0 Å². The molecule has 0 saturated carbocycles. The molecule has 1 fully saturated rings. The molecule has 0 spiro atoms. The van der Waals surface area contributed by atoms with Crippen LogP contribution in [0.4, 0.5) is 22.0 Å². The van der Waals surface area contributed by atoms with Crippen molar-refractivity contribution >= 4 is 15.8 Å². The molecule has 0 unspecified atom stereocenters. The van der Waals surface area contributed by atoms with Crippen molar-refractivity contribution in [2.75, 3.05) is 13.1 Å². The third-order valence-electron chi connectivity index (χ3n) is 6.12. The number of hydrogen-bond acceptors (Lipinski definition) is 6. The van der Waals surface area contributed by atoms with E-state index in [1.165, 1.54) is 42.6 Å². The number of esters is 1. The Hall–Kier alpha value is -2.60. The van der Waals surface area contributed by atoms with E-state index in [4.69, 9.17) is 4.74 Å². The zero-order chi connectivity index (χ0) is 27.7. The lowest BCUT2D eigenvalue weighted by Crippen LogP contribution is -2.55.